The van der Waals surface area contributed by atoms with Crippen LogP contribution in [0.25, 0.3) is 11.0 Å². The van der Waals surface area contributed by atoms with Crippen molar-refractivity contribution in [2.24, 2.45) is 0 Å². The molecular formula is C14H9F3N4OS2. The maximum absolute atomic E-state index is 12.5. The van der Waals surface area contributed by atoms with Crippen molar-refractivity contribution in [2.75, 3.05) is 11.1 Å². The van der Waals surface area contributed by atoms with Crippen LogP contribution in [0.2, 0.25) is 0 Å². The number of amides is 1. The van der Waals surface area contributed by atoms with E-state index in [9.17, 15) is 18.0 Å². The standard InChI is InChI=1S/C14H9F3N4OS2/c15-14(16,17)8-4-5-12(18-6-8)23-7-11(22)19-9-2-1-3-10-13(9)21-24-20-10/h1-6H,7H2,(H,19,22). The van der Waals surface area contributed by atoms with Gasteiger partial charge >= 0.3 is 6.18 Å². The second kappa shape index (κ2) is 6.73. The fourth-order valence-corrected chi connectivity index (χ4v) is 3.06. The number of halogens is 3. The molecule has 0 aliphatic rings. The first kappa shape index (κ1) is 16.7. The maximum Gasteiger partial charge on any atom is 0.417 e. The third-order valence-electron chi connectivity index (χ3n) is 2.97. The van der Waals surface area contributed by atoms with Gasteiger partial charge in [0.05, 0.1) is 33.8 Å². The molecule has 24 heavy (non-hydrogen) atoms. The van der Waals surface area contributed by atoms with Crippen molar-refractivity contribution in [3.63, 3.8) is 0 Å². The van der Waals surface area contributed by atoms with Crippen LogP contribution in [0.3, 0.4) is 0 Å². The number of carbonyl (C=O) groups excluding carboxylic acids is 1. The lowest BCUT2D eigenvalue weighted by molar-refractivity contribution is -0.137. The molecule has 3 rings (SSSR count). The van der Waals surface area contributed by atoms with Gasteiger partial charge < -0.3 is 5.32 Å². The lowest BCUT2D eigenvalue weighted by Crippen LogP contribution is -2.14. The van der Waals surface area contributed by atoms with Crippen LogP contribution in [0.5, 0.6) is 0 Å². The van der Waals surface area contributed by atoms with Crippen molar-refractivity contribution < 1.29 is 18.0 Å². The van der Waals surface area contributed by atoms with Crippen LogP contribution in [-0.4, -0.2) is 25.4 Å². The molecule has 0 atom stereocenters. The summed E-state index contributed by atoms with van der Waals surface area (Å²) in [7, 11) is 0. The molecule has 0 bridgehead atoms. The van der Waals surface area contributed by atoms with Gasteiger partial charge in [0.15, 0.2) is 0 Å². The highest BCUT2D eigenvalue weighted by Gasteiger charge is 2.30. The number of hydrogen-bond donors (Lipinski definition) is 1. The van der Waals surface area contributed by atoms with Crippen LogP contribution in [-0.2, 0) is 11.0 Å². The van der Waals surface area contributed by atoms with Crippen LogP contribution in [0.4, 0.5) is 18.9 Å². The minimum absolute atomic E-state index is 0.0202. The highest BCUT2D eigenvalue weighted by molar-refractivity contribution is 7.99. The Bertz CT molecular complexity index is 864. The van der Waals surface area contributed by atoms with Crippen molar-refractivity contribution in [3.8, 4) is 0 Å². The second-order valence-electron chi connectivity index (χ2n) is 4.66. The smallest absolute Gasteiger partial charge is 0.323 e. The van der Waals surface area contributed by atoms with Gasteiger partial charge in [0, 0.05) is 6.20 Å². The highest BCUT2D eigenvalue weighted by Crippen LogP contribution is 2.29. The molecular weight excluding hydrogens is 361 g/mol. The van der Waals surface area contributed by atoms with Gasteiger partial charge in [-0.25, -0.2) is 4.98 Å². The predicted octanol–water partition coefficient (Wildman–Crippen LogP) is 3.84. The molecule has 1 aromatic carbocycles. The summed E-state index contributed by atoms with van der Waals surface area (Å²) in [5, 5.41) is 3.05. The quantitative estimate of drug-likeness (QED) is 0.707. The van der Waals surface area contributed by atoms with Crippen molar-refractivity contribution in [3.05, 3.63) is 42.1 Å². The molecule has 5 nitrogen and oxygen atoms in total. The fourth-order valence-electron chi connectivity index (χ4n) is 1.87. The Morgan fingerprint density at radius 2 is 2.04 bits per heavy atom. The van der Waals surface area contributed by atoms with E-state index in [1.54, 1.807) is 18.2 Å². The molecule has 124 valence electrons. The molecule has 0 fully saturated rings. The average molecular weight is 370 g/mol. The molecule has 0 saturated carbocycles. The summed E-state index contributed by atoms with van der Waals surface area (Å²) in [6, 6.07) is 7.43. The summed E-state index contributed by atoms with van der Waals surface area (Å²) < 4.78 is 45.6. The average Bonchev–Trinajstić information content (AvgIpc) is 3.02. The predicted molar refractivity (Wildman–Crippen MR) is 86.0 cm³/mol. The third kappa shape index (κ3) is 3.82. The monoisotopic (exact) mass is 370 g/mol. The zero-order valence-corrected chi connectivity index (χ0v) is 13.5. The van der Waals surface area contributed by atoms with E-state index >= 15 is 0 Å². The van der Waals surface area contributed by atoms with Gasteiger partial charge in [0.25, 0.3) is 0 Å². The van der Waals surface area contributed by atoms with Crippen LogP contribution in [0, 0.1) is 0 Å². The molecule has 0 aliphatic carbocycles. The van der Waals surface area contributed by atoms with Gasteiger partial charge in [-0.1, -0.05) is 17.8 Å². The van der Waals surface area contributed by atoms with Gasteiger partial charge in [0.2, 0.25) is 5.91 Å². The molecule has 1 N–H and O–H groups in total. The van der Waals surface area contributed by atoms with Crippen LogP contribution >= 0.6 is 23.5 Å². The third-order valence-corrected chi connectivity index (χ3v) is 4.46. The second-order valence-corrected chi connectivity index (χ2v) is 6.18. The van der Waals surface area contributed by atoms with Crippen molar-refractivity contribution >= 4 is 46.1 Å². The molecule has 2 heterocycles. The first-order valence-corrected chi connectivity index (χ1v) is 8.32. The van der Waals surface area contributed by atoms with Crippen molar-refractivity contribution in [1.82, 2.24) is 13.7 Å². The summed E-state index contributed by atoms with van der Waals surface area (Å²) in [4.78, 5) is 15.7. The normalized spacial score (nSPS) is 11.6. The minimum Gasteiger partial charge on any atom is -0.323 e. The molecule has 0 spiro atoms. The number of hydrogen-bond acceptors (Lipinski definition) is 6. The minimum atomic E-state index is -4.42. The van der Waals surface area contributed by atoms with Gasteiger partial charge in [-0.15, -0.1) is 0 Å². The molecule has 0 radical (unpaired) electrons. The molecule has 0 unspecified atom stereocenters. The molecule has 1 amide bonds. The van der Waals surface area contributed by atoms with Gasteiger partial charge in [-0.05, 0) is 24.3 Å². The van der Waals surface area contributed by atoms with E-state index in [0.717, 1.165) is 35.8 Å². The molecule has 10 heteroatoms. The lowest BCUT2D eigenvalue weighted by atomic mass is 10.2. The van der Waals surface area contributed by atoms with E-state index in [4.69, 9.17) is 0 Å². The van der Waals surface area contributed by atoms with Gasteiger partial charge in [-0.3, -0.25) is 4.79 Å². The van der Waals surface area contributed by atoms with Crippen LogP contribution in [0.15, 0.2) is 41.6 Å². The van der Waals surface area contributed by atoms with Gasteiger partial charge in [0.1, 0.15) is 11.0 Å². The Hall–Kier alpha value is -2.20. The largest absolute Gasteiger partial charge is 0.417 e. The van der Waals surface area contributed by atoms with Crippen molar-refractivity contribution in [2.45, 2.75) is 11.2 Å². The Balaban J connectivity index is 1.61. The number of thioether (sulfide) groups is 1. The zero-order valence-electron chi connectivity index (χ0n) is 11.9. The van der Waals surface area contributed by atoms with Crippen LogP contribution < -0.4 is 5.32 Å². The fraction of sp³-hybridized carbons (Fsp3) is 0.143. The number of pyridine rings is 1. The number of fused-ring (bicyclic) bond motifs is 1. The number of nitrogens with one attached hydrogen (secondary N) is 1. The molecule has 0 saturated heterocycles. The lowest BCUT2D eigenvalue weighted by Gasteiger charge is -2.07. The van der Waals surface area contributed by atoms with Gasteiger partial charge in [-0.2, -0.15) is 21.9 Å². The topological polar surface area (TPSA) is 67.8 Å². The van der Waals surface area contributed by atoms with Crippen LogP contribution in [0.1, 0.15) is 5.56 Å². The number of carbonyl (C=O) groups is 1. The maximum atomic E-state index is 12.5. The first-order chi connectivity index (χ1) is 11.4. The highest BCUT2D eigenvalue weighted by atomic mass is 32.2. The van der Waals surface area contributed by atoms with Crippen molar-refractivity contribution in [1.29, 1.82) is 0 Å². The summed E-state index contributed by atoms with van der Waals surface area (Å²) >= 11 is 2.10. The summed E-state index contributed by atoms with van der Waals surface area (Å²) in [6.07, 6.45) is -3.67. The molecule has 0 aliphatic heterocycles. The Labute approximate surface area is 142 Å². The summed E-state index contributed by atoms with van der Waals surface area (Å²) in [5.41, 5.74) is 1.02. The SMILES string of the molecule is O=C(CSc1ccc(C(F)(F)F)cn1)Nc1cccc2nsnc12. The number of alkyl halides is 3. The Kier molecular flexibility index (Phi) is 4.67. The van der Waals surface area contributed by atoms with E-state index in [-0.39, 0.29) is 11.7 Å². The van der Waals surface area contributed by atoms with E-state index in [0.29, 0.717) is 21.7 Å². The molecule has 3 aromatic rings. The van der Waals surface area contributed by atoms with E-state index in [1.165, 1.54) is 6.07 Å². The Morgan fingerprint density at radius 1 is 1.21 bits per heavy atom. The number of rotatable bonds is 4. The van der Waals surface area contributed by atoms with E-state index in [2.05, 4.69) is 19.0 Å². The number of aromatic nitrogens is 3. The number of anilines is 1. The summed E-state index contributed by atoms with van der Waals surface area (Å²) in [5.74, 6) is -0.283. The van der Waals surface area contributed by atoms with E-state index < -0.39 is 11.7 Å². The molecule has 2 aromatic heterocycles. The number of nitrogens with zero attached hydrogens (tertiary/aromatic N) is 3. The summed E-state index contributed by atoms with van der Waals surface area (Å²) in [6.45, 7) is 0. The van der Waals surface area contributed by atoms with E-state index in [1.807, 2.05) is 0 Å². The number of benzene rings is 1. The zero-order chi connectivity index (χ0) is 17.2. The Morgan fingerprint density at radius 3 is 2.75 bits per heavy atom. The first-order valence-electron chi connectivity index (χ1n) is 6.60.